The molecule has 0 radical (unpaired) electrons. The number of imidazole rings is 1. The lowest BCUT2D eigenvalue weighted by Crippen LogP contribution is -2.44. The van der Waals surface area contributed by atoms with Gasteiger partial charge in [-0.15, -0.1) is 0 Å². The largest absolute Gasteiger partial charge is 0.465 e. The number of carbonyl (C=O) groups is 1. The molecule has 1 saturated heterocycles. The highest BCUT2D eigenvalue weighted by molar-refractivity contribution is 5.66. The number of carboxylic acid groups (broad SMARTS) is 1. The summed E-state index contributed by atoms with van der Waals surface area (Å²) in [5.41, 5.74) is 1.65. The van der Waals surface area contributed by atoms with E-state index < -0.39 is 17.6 Å². The van der Waals surface area contributed by atoms with Crippen molar-refractivity contribution < 1.29 is 14.3 Å². The van der Waals surface area contributed by atoms with Crippen molar-refractivity contribution in [2.45, 2.75) is 46.1 Å². The maximum atomic E-state index is 14.5. The van der Waals surface area contributed by atoms with Gasteiger partial charge in [0.2, 0.25) is 0 Å². The number of pyridine rings is 2. The summed E-state index contributed by atoms with van der Waals surface area (Å²) in [4.78, 5) is 38.9. The number of likely N-dealkylation sites (tertiary alicyclic amines) is 1. The molecule has 4 aromatic heterocycles. The molecule has 1 fully saturated rings. The Hall–Kier alpha value is -3.82. The molecule has 0 aliphatic carbocycles. The maximum absolute atomic E-state index is 14.5. The summed E-state index contributed by atoms with van der Waals surface area (Å²) in [5, 5.41) is 9.67. The van der Waals surface area contributed by atoms with Crippen LogP contribution in [-0.4, -0.2) is 52.4 Å². The Morgan fingerprint density at radius 2 is 1.91 bits per heavy atom. The SMILES string of the molecule is Cc1cn2cc(-c3nc(=O)n4cc(C5CCN(C(=O)O)C5C(C)(C)C)ccc4n3)cc(F)c2n1. The van der Waals surface area contributed by atoms with Gasteiger partial charge in [0, 0.05) is 42.7 Å². The van der Waals surface area contributed by atoms with E-state index in [1.165, 1.54) is 15.4 Å². The average molecular weight is 465 g/mol. The van der Waals surface area contributed by atoms with Crippen LogP contribution in [0.15, 0.2) is 41.6 Å². The molecule has 1 aliphatic rings. The average Bonchev–Trinajstić information content (AvgIpc) is 3.37. The normalized spacial score (nSPS) is 18.8. The fraction of sp³-hybridized carbons (Fsp3) is 0.375. The maximum Gasteiger partial charge on any atom is 0.407 e. The summed E-state index contributed by atoms with van der Waals surface area (Å²) < 4.78 is 17.4. The zero-order chi connectivity index (χ0) is 24.4. The fourth-order valence-corrected chi connectivity index (χ4v) is 5.11. The minimum atomic E-state index is -0.939. The van der Waals surface area contributed by atoms with Crippen LogP contribution in [-0.2, 0) is 0 Å². The van der Waals surface area contributed by atoms with Crippen molar-refractivity contribution in [3.8, 4) is 11.4 Å². The lowest BCUT2D eigenvalue weighted by molar-refractivity contribution is 0.101. The fourth-order valence-electron chi connectivity index (χ4n) is 5.11. The van der Waals surface area contributed by atoms with E-state index in [1.54, 1.807) is 36.0 Å². The van der Waals surface area contributed by atoms with Gasteiger partial charge in [-0.2, -0.15) is 4.98 Å². The van der Waals surface area contributed by atoms with Gasteiger partial charge in [0.25, 0.3) is 0 Å². The van der Waals surface area contributed by atoms with Crippen LogP contribution in [0.25, 0.3) is 22.7 Å². The number of aryl methyl sites for hydroxylation is 1. The molecule has 5 rings (SSSR count). The van der Waals surface area contributed by atoms with Crippen LogP contribution in [0.1, 0.15) is 44.4 Å². The first-order chi connectivity index (χ1) is 16.0. The third kappa shape index (κ3) is 3.59. The second kappa shape index (κ2) is 7.61. The Kier molecular flexibility index (Phi) is 4.92. The van der Waals surface area contributed by atoms with E-state index in [0.29, 0.717) is 29.9 Å². The highest BCUT2D eigenvalue weighted by atomic mass is 19.1. The van der Waals surface area contributed by atoms with E-state index >= 15 is 0 Å². The van der Waals surface area contributed by atoms with Gasteiger partial charge in [0.15, 0.2) is 17.3 Å². The molecule has 1 N–H and O–H groups in total. The number of aromatic nitrogens is 5. The molecule has 1 amide bonds. The first-order valence-electron chi connectivity index (χ1n) is 11.1. The number of hydrogen-bond donors (Lipinski definition) is 1. The Balaban J connectivity index is 1.57. The Bertz CT molecular complexity index is 1500. The highest BCUT2D eigenvalue weighted by Gasteiger charge is 2.44. The molecule has 2 atom stereocenters. The van der Waals surface area contributed by atoms with Crippen LogP contribution in [0.5, 0.6) is 0 Å². The Morgan fingerprint density at radius 1 is 1.15 bits per heavy atom. The van der Waals surface area contributed by atoms with Crippen LogP contribution < -0.4 is 5.69 Å². The van der Waals surface area contributed by atoms with Gasteiger partial charge < -0.3 is 14.4 Å². The molecular weight excluding hydrogens is 439 g/mol. The van der Waals surface area contributed by atoms with Crippen molar-refractivity contribution in [3.05, 3.63) is 64.3 Å². The van der Waals surface area contributed by atoms with Crippen LogP contribution in [0.3, 0.4) is 0 Å². The molecular formula is C24H25FN6O3. The van der Waals surface area contributed by atoms with Gasteiger partial charge in [0.1, 0.15) is 5.65 Å². The minimum absolute atomic E-state index is 0.0620. The number of amides is 1. The number of fused-ring (bicyclic) bond motifs is 2. The molecule has 0 spiro atoms. The first-order valence-corrected chi connectivity index (χ1v) is 11.1. The Morgan fingerprint density at radius 3 is 2.62 bits per heavy atom. The standard InChI is InChI=1S/C24H25FN6O3/c1-13-10-29-11-15(9-17(25)21(29)26-13)20-27-18-6-5-14(12-31(18)22(32)28-20)16-7-8-30(23(33)34)19(16)24(2,3)4/h5-6,9-12,16,19H,7-8H2,1-4H3,(H,33,34). The molecule has 0 saturated carbocycles. The Labute approximate surface area is 194 Å². The summed E-state index contributed by atoms with van der Waals surface area (Å²) in [6.45, 7) is 8.27. The second-order valence-corrected chi connectivity index (χ2v) is 9.89. The predicted octanol–water partition coefficient (Wildman–Crippen LogP) is 3.73. The number of halogens is 1. The van der Waals surface area contributed by atoms with Gasteiger partial charge in [-0.1, -0.05) is 26.8 Å². The quantitative estimate of drug-likeness (QED) is 0.485. The van der Waals surface area contributed by atoms with Crippen molar-refractivity contribution in [3.63, 3.8) is 0 Å². The molecule has 1 aliphatic heterocycles. The van der Waals surface area contributed by atoms with E-state index in [2.05, 4.69) is 15.0 Å². The molecule has 176 valence electrons. The van der Waals surface area contributed by atoms with Gasteiger partial charge in [0.05, 0.1) is 5.69 Å². The predicted molar refractivity (Wildman–Crippen MR) is 123 cm³/mol. The lowest BCUT2D eigenvalue weighted by Gasteiger charge is -2.37. The van der Waals surface area contributed by atoms with Gasteiger partial charge in [-0.3, -0.25) is 4.40 Å². The van der Waals surface area contributed by atoms with E-state index in [9.17, 15) is 19.1 Å². The van der Waals surface area contributed by atoms with Gasteiger partial charge >= 0.3 is 11.8 Å². The summed E-state index contributed by atoms with van der Waals surface area (Å²) in [5.74, 6) is -0.467. The smallest absolute Gasteiger partial charge is 0.407 e. The second-order valence-electron chi connectivity index (χ2n) is 9.89. The van der Waals surface area contributed by atoms with E-state index in [1.807, 2.05) is 26.8 Å². The van der Waals surface area contributed by atoms with Crippen LogP contribution in [0, 0.1) is 18.2 Å². The number of hydrogen-bond acceptors (Lipinski definition) is 5. The van der Waals surface area contributed by atoms with Crippen LogP contribution in [0.2, 0.25) is 0 Å². The van der Waals surface area contributed by atoms with E-state index in [4.69, 9.17) is 0 Å². The van der Waals surface area contributed by atoms with Crippen molar-refractivity contribution in [2.24, 2.45) is 5.41 Å². The minimum Gasteiger partial charge on any atom is -0.465 e. The highest BCUT2D eigenvalue weighted by Crippen LogP contribution is 2.42. The molecule has 4 aromatic rings. The van der Waals surface area contributed by atoms with Crippen LogP contribution >= 0.6 is 0 Å². The number of rotatable bonds is 2. The molecule has 5 heterocycles. The molecule has 34 heavy (non-hydrogen) atoms. The molecule has 9 nitrogen and oxygen atoms in total. The van der Waals surface area contributed by atoms with Crippen molar-refractivity contribution >= 4 is 17.4 Å². The van der Waals surface area contributed by atoms with Gasteiger partial charge in [-0.25, -0.2) is 23.9 Å². The zero-order valence-electron chi connectivity index (χ0n) is 19.4. The monoisotopic (exact) mass is 464 g/mol. The van der Waals surface area contributed by atoms with E-state index in [-0.39, 0.29) is 28.8 Å². The van der Waals surface area contributed by atoms with Crippen molar-refractivity contribution in [2.75, 3.05) is 6.54 Å². The van der Waals surface area contributed by atoms with Gasteiger partial charge in [-0.05, 0) is 36.5 Å². The van der Waals surface area contributed by atoms with Crippen LogP contribution in [0.4, 0.5) is 9.18 Å². The summed E-state index contributed by atoms with van der Waals surface area (Å²) in [6.07, 6.45) is 4.75. The van der Waals surface area contributed by atoms with Crippen molar-refractivity contribution in [1.29, 1.82) is 0 Å². The zero-order valence-corrected chi connectivity index (χ0v) is 19.4. The lowest BCUT2D eigenvalue weighted by atomic mass is 9.77. The first kappa shape index (κ1) is 22.0. The van der Waals surface area contributed by atoms with E-state index in [0.717, 1.165) is 5.56 Å². The molecule has 2 unspecified atom stereocenters. The molecule has 10 heteroatoms. The molecule has 0 bridgehead atoms. The van der Waals surface area contributed by atoms with Crippen molar-refractivity contribution in [1.82, 2.24) is 28.7 Å². The topological polar surface area (TPSA) is 105 Å². The third-order valence-electron chi connectivity index (χ3n) is 6.42. The third-order valence-corrected chi connectivity index (χ3v) is 6.42. The summed E-state index contributed by atoms with van der Waals surface area (Å²) >= 11 is 0. The number of nitrogens with zero attached hydrogens (tertiary/aromatic N) is 6. The molecule has 0 aromatic carbocycles. The summed E-state index contributed by atoms with van der Waals surface area (Å²) in [7, 11) is 0. The summed E-state index contributed by atoms with van der Waals surface area (Å²) in [6, 6.07) is 4.64.